The molecular formula is C21H25N7O2S. The number of aromatic nitrogens is 4. The molecule has 31 heavy (non-hydrogen) atoms. The molecule has 0 spiro atoms. The zero-order valence-corrected chi connectivity index (χ0v) is 18.3. The second-order valence-electron chi connectivity index (χ2n) is 7.71. The van der Waals surface area contributed by atoms with E-state index < -0.39 is 6.04 Å². The van der Waals surface area contributed by atoms with Crippen molar-refractivity contribution in [2.75, 3.05) is 31.1 Å². The molecule has 1 saturated heterocycles. The number of hydrogen-bond donors (Lipinski definition) is 1. The highest BCUT2D eigenvalue weighted by atomic mass is 32.1. The molecule has 1 N–H and O–H groups in total. The average molecular weight is 440 g/mol. The standard InChI is InChI=1S/C21H25N7O2S/c1-15(2)18(22-19(29)17-9-6-14-31-17)20(30)26-10-12-27(13-11-26)21-23-24-25-28(21)16-7-4-3-5-8-16/h3-9,14-15,18H,10-13H2,1-2H3,(H,22,29)/t18-/m1/s1. The first kappa shape index (κ1) is 21.0. The molecule has 0 saturated carbocycles. The van der Waals surface area contributed by atoms with E-state index in [0.717, 1.165) is 5.69 Å². The minimum Gasteiger partial charge on any atom is -0.339 e. The summed E-state index contributed by atoms with van der Waals surface area (Å²) < 4.78 is 1.70. The molecule has 2 amide bonds. The van der Waals surface area contributed by atoms with Crippen molar-refractivity contribution in [2.24, 2.45) is 5.92 Å². The Labute approximate surface area is 184 Å². The third-order valence-electron chi connectivity index (χ3n) is 5.29. The largest absolute Gasteiger partial charge is 0.339 e. The summed E-state index contributed by atoms with van der Waals surface area (Å²) in [4.78, 5) is 30.2. The third-order valence-corrected chi connectivity index (χ3v) is 6.16. The normalized spacial score (nSPS) is 15.2. The molecule has 1 atom stereocenters. The predicted octanol–water partition coefficient (Wildman–Crippen LogP) is 1.83. The Bertz CT molecular complexity index is 1010. The van der Waals surface area contributed by atoms with Crippen molar-refractivity contribution in [2.45, 2.75) is 19.9 Å². The Balaban J connectivity index is 1.40. The number of nitrogens with one attached hydrogen (secondary N) is 1. The molecule has 0 aliphatic carbocycles. The average Bonchev–Trinajstić information content (AvgIpc) is 3.50. The molecule has 4 rings (SSSR count). The van der Waals surface area contributed by atoms with Crippen molar-refractivity contribution >= 4 is 29.1 Å². The number of hydrogen-bond acceptors (Lipinski definition) is 7. The molecule has 0 unspecified atom stereocenters. The number of tetrazole rings is 1. The zero-order chi connectivity index (χ0) is 21.8. The van der Waals surface area contributed by atoms with Crippen LogP contribution < -0.4 is 10.2 Å². The van der Waals surface area contributed by atoms with Crippen LogP contribution in [0.3, 0.4) is 0 Å². The lowest BCUT2D eigenvalue weighted by molar-refractivity contribution is -0.134. The molecular weight excluding hydrogens is 414 g/mol. The van der Waals surface area contributed by atoms with Crippen LogP contribution in [0, 0.1) is 5.92 Å². The molecule has 3 heterocycles. The van der Waals surface area contributed by atoms with Gasteiger partial charge in [-0.3, -0.25) is 9.59 Å². The number of piperazine rings is 1. The van der Waals surface area contributed by atoms with Gasteiger partial charge >= 0.3 is 0 Å². The van der Waals surface area contributed by atoms with Crippen LogP contribution in [-0.4, -0.2) is 69.1 Å². The van der Waals surface area contributed by atoms with Gasteiger partial charge in [-0.1, -0.05) is 43.2 Å². The maximum absolute atomic E-state index is 13.2. The van der Waals surface area contributed by atoms with Crippen LogP contribution in [-0.2, 0) is 4.79 Å². The second-order valence-corrected chi connectivity index (χ2v) is 8.66. The molecule has 9 nitrogen and oxygen atoms in total. The van der Waals surface area contributed by atoms with Gasteiger partial charge < -0.3 is 15.1 Å². The van der Waals surface area contributed by atoms with Crippen LogP contribution in [0.2, 0.25) is 0 Å². The van der Waals surface area contributed by atoms with Crippen molar-refractivity contribution in [1.29, 1.82) is 0 Å². The summed E-state index contributed by atoms with van der Waals surface area (Å²) in [5.41, 5.74) is 0.886. The highest BCUT2D eigenvalue weighted by Gasteiger charge is 2.32. The van der Waals surface area contributed by atoms with E-state index >= 15 is 0 Å². The lowest BCUT2D eigenvalue weighted by Gasteiger charge is -2.37. The minimum absolute atomic E-state index is 0.0141. The van der Waals surface area contributed by atoms with Gasteiger partial charge in [0.1, 0.15) is 6.04 Å². The SMILES string of the molecule is CC(C)[C@@H](NC(=O)c1cccs1)C(=O)N1CCN(c2nnnn2-c2ccccc2)CC1. The number of para-hydroxylation sites is 1. The summed E-state index contributed by atoms with van der Waals surface area (Å²) in [7, 11) is 0. The van der Waals surface area contributed by atoms with Crippen molar-refractivity contribution in [1.82, 2.24) is 30.4 Å². The number of carbonyl (C=O) groups is 2. The number of rotatable bonds is 6. The molecule has 0 bridgehead atoms. The summed E-state index contributed by atoms with van der Waals surface area (Å²) >= 11 is 1.37. The summed E-state index contributed by atoms with van der Waals surface area (Å²) in [5.74, 6) is 0.384. The Morgan fingerprint density at radius 2 is 1.77 bits per heavy atom. The van der Waals surface area contributed by atoms with Gasteiger partial charge in [0, 0.05) is 26.2 Å². The number of carbonyl (C=O) groups excluding carboxylic acids is 2. The summed E-state index contributed by atoms with van der Waals surface area (Å²) in [6.07, 6.45) is 0. The van der Waals surface area contributed by atoms with Crippen molar-refractivity contribution < 1.29 is 9.59 Å². The van der Waals surface area contributed by atoms with E-state index in [2.05, 4.69) is 25.7 Å². The smallest absolute Gasteiger partial charge is 0.262 e. The predicted molar refractivity (Wildman–Crippen MR) is 118 cm³/mol. The molecule has 1 aliphatic rings. The quantitative estimate of drug-likeness (QED) is 0.630. The fraction of sp³-hybridized carbons (Fsp3) is 0.381. The third kappa shape index (κ3) is 4.58. The second kappa shape index (κ2) is 9.25. The van der Waals surface area contributed by atoms with Crippen molar-refractivity contribution in [3.63, 3.8) is 0 Å². The van der Waals surface area contributed by atoms with Crippen molar-refractivity contribution in [3.05, 3.63) is 52.7 Å². The number of benzene rings is 1. The minimum atomic E-state index is -0.559. The van der Waals surface area contributed by atoms with Crippen LogP contribution in [0.25, 0.3) is 5.69 Å². The molecule has 2 aromatic heterocycles. The number of anilines is 1. The lowest BCUT2D eigenvalue weighted by Crippen LogP contribution is -2.56. The van der Waals surface area contributed by atoms with Crippen LogP contribution in [0.4, 0.5) is 5.95 Å². The number of thiophene rings is 1. The maximum atomic E-state index is 13.2. The van der Waals surface area contributed by atoms with E-state index in [0.29, 0.717) is 37.0 Å². The first-order valence-electron chi connectivity index (χ1n) is 10.3. The molecule has 3 aromatic rings. The first-order valence-corrected chi connectivity index (χ1v) is 11.1. The fourth-order valence-corrected chi connectivity index (χ4v) is 4.20. The van der Waals surface area contributed by atoms with Gasteiger partial charge in [-0.25, -0.2) is 0 Å². The van der Waals surface area contributed by atoms with E-state index in [9.17, 15) is 9.59 Å². The van der Waals surface area contributed by atoms with Gasteiger partial charge in [-0.05, 0) is 39.9 Å². The van der Waals surface area contributed by atoms with Crippen LogP contribution in [0.5, 0.6) is 0 Å². The highest BCUT2D eigenvalue weighted by Crippen LogP contribution is 2.18. The Kier molecular flexibility index (Phi) is 6.26. The van der Waals surface area contributed by atoms with E-state index in [1.807, 2.05) is 60.5 Å². The van der Waals surface area contributed by atoms with Gasteiger partial charge in [-0.15, -0.1) is 11.3 Å². The van der Waals surface area contributed by atoms with Crippen molar-refractivity contribution in [3.8, 4) is 5.69 Å². The summed E-state index contributed by atoms with van der Waals surface area (Å²) in [6, 6.07) is 12.7. The number of amides is 2. The Morgan fingerprint density at radius 3 is 2.42 bits per heavy atom. The topological polar surface area (TPSA) is 96.2 Å². The molecule has 1 fully saturated rings. The first-order chi connectivity index (χ1) is 15.0. The van der Waals surface area contributed by atoms with E-state index in [1.54, 1.807) is 10.7 Å². The van der Waals surface area contributed by atoms with Gasteiger partial charge in [-0.2, -0.15) is 4.68 Å². The fourth-order valence-electron chi connectivity index (χ4n) is 3.57. The maximum Gasteiger partial charge on any atom is 0.262 e. The molecule has 162 valence electrons. The van der Waals surface area contributed by atoms with E-state index in [1.165, 1.54) is 11.3 Å². The molecule has 1 aliphatic heterocycles. The molecule has 10 heteroatoms. The van der Waals surface area contributed by atoms with E-state index in [4.69, 9.17) is 0 Å². The Hall–Kier alpha value is -3.27. The molecule has 0 radical (unpaired) electrons. The Morgan fingerprint density at radius 1 is 1.03 bits per heavy atom. The van der Waals surface area contributed by atoms with Gasteiger partial charge in [0.25, 0.3) is 5.91 Å². The van der Waals surface area contributed by atoms with Gasteiger partial charge in [0.15, 0.2) is 0 Å². The van der Waals surface area contributed by atoms with E-state index in [-0.39, 0.29) is 17.7 Å². The monoisotopic (exact) mass is 439 g/mol. The highest BCUT2D eigenvalue weighted by molar-refractivity contribution is 7.12. The lowest BCUT2D eigenvalue weighted by atomic mass is 10.0. The van der Waals surface area contributed by atoms with Gasteiger partial charge in [0.05, 0.1) is 10.6 Å². The molecule has 1 aromatic carbocycles. The van der Waals surface area contributed by atoms with Crippen LogP contribution >= 0.6 is 11.3 Å². The van der Waals surface area contributed by atoms with Crippen LogP contribution in [0.1, 0.15) is 23.5 Å². The van der Waals surface area contributed by atoms with Crippen LogP contribution in [0.15, 0.2) is 47.8 Å². The van der Waals surface area contributed by atoms with Gasteiger partial charge in [0.2, 0.25) is 11.9 Å². The zero-order valence-electron chi connectivity index (χ0n) is 17.5. The summed E-state index contributed by atoms with van der Waals surface area (Å²) in [6.45, 7) is 6.20. The summed E-state index contributed by atoms with van der Waals surface area (Å²) in [5, 5.41) is 16.9. The number of nitrogens with zero attached hydrogens (tertiary/aromatic N) is 6.